The third-order valence-corrected chi connectivity index (χ3v) is 28.7. The van der Waals surface area contributed by atoms with Crippen LogP contribution >= 0.6 is 0 Å². The minimum atomic E-state index is -0.358. The number of hydrogen-bond acceptors (Lipinski definition) is 15. The first-order valence-corrected chi connectivity index (χ1v) is 45.3. The molecule has 5 aromatic carbocycles. The summed E-state index contributed by atoms with van der Waals surface area (Å²) in [4.78, 5) is 77.0. The van der Waals surface area contributed by atoms with Gasteiger partial charge < -0.3 is 14.3 Å². The Morgan fingerprint density at radius 2 is 0.815 bits per heavy atom. The van der Waals surface area contributed by atoms with Crippen LogP contribution in [0.4, 0.5) is 24.5 Å². The molecular formula is C106H107F3N12O3. The van der Waals surface area contributed by atoms with Gasteiger partial charge in [0, 0.05) is 193 Å². The van der Waals surface area contributed by atoms with E-state index in [-0.39, 0.29) is 68.9 Å². The number of ketones is 2. The van der Waals surface area contributed by atoms with Crippen LogP contribution in [0.3, 0.4) is 0 Å². The number of Topliss-reactive ketones (excluding diaryl/α,β-unsaturated/α-hetero) is 2. The maximum atomic E-state index is 15.5. The van der Waals surface area contributed by atoms with Gasteiger partial charge in [-0.1, -0.05) is 132 Å². The molecule has 21 rings (SSSR count). The number of aromatic nitrogens is 10. The fourth-order valence-corrected chi connectivity index (χ4v) is 22.4. The third-order valence-electron chi connectivity index (χ3n) is 28.7. The van der Waals surface area contributed by atoms with Gasteiger partial charge in [-0.3, -0.25) is 24.5 Å². The number of carbonyl (C=O) groups is 2. The van der Waals surface area contributed by atoms with Crippen molar-refractivity contribution < 1.29 is 27.3 Å². The Morgan fingerprint density at radius 1 is 0.435 bits per heavy atom. The van der Waals surface area contributed by atoms with Crippen LogP contribution in [-0.2, 0) is 51.5 Å². The molecule has 630 valence electrons. The van der Waals surface area contributed by atoms with Crippen molar-refractivity contribution in [1.29, 1.82) is 0 Å². The van der Waals surface area contributed by atoms with Crippen LogP contribution in [0.15, 0.2) is 223 Å². The predicted octanol–water partition coefficient (Wildman–Crippen LogP) is 23.8. The van der Waals surface area contributed by atoms with Gasteiger partial charge >= 0.3 is 0 Å². The smallest absolute Gasteiger partial charge is 0.163 e. The van der Waals surface area contributed by atoms with Crippen LogP contribution in [0, 0.1) is 41.1 Å². The average Bonchev–Trinajstić information content (AvgIpc) is 0.796. The second kappa shape index (κ2) is 34.0. The first-order chi connectivity index (χ1) is 60.4. The topological polar surface area (TPSA) is 183 Å². The molecule has 5 fully saturated rings. The van der Waals surface area contributed by atoms with Crippen LogP contribution in [-0.4, -0.2) is 75.7 Å². The van der Waals surface area contributed by atoms with Gasteiger partial charge in [-0.15, -0.1) is 0 Å². The number of rotatable bonds is 19. The van der Waals surface area contributed by atoms with Gasteiger partial charge in [0.05, 0.1) is 40.4 Å². The van der Waals surface area contributed by atoms with Gasteiger partial charge in [0.1, 0.15) is 23.2 Å². The third kappa shape index (κ3) is 15.4. The standard InChI is InChI=1S/C38H39FN4O.C37H37FN4O.C31H31FN4O/c1-4-19-38-22-27(23-43(3)28-10-6-5-7-11-28)35(44)24(2)31(38)17-16-30-34(29-12-8-9-13-32(29)39)41-37(42-36(30)38)26-18-20-40-33(21-26)25-14-15-25;1-3-18-37-22-26(23-42(2)28-9-5-4-6-10-28)33(43)21-27(37)15-16-30-34(29-11-7-8-12-31(29)38)40-36(41-35(30)37)25-17-19-39-32(20-25)24-13-14-24;1-3-13-31-16-21-17-34-37-28(21)18(2)24(31)11-10-23-27(22-6-4-5-7-25(22)32)35-30(36-29(23)31)20-12-14-33-26(15-20)19-8-9-19/h5-13,18,20-21,23-25,31H,4,14-17,19,22H2,1-3H3;4-12,17,19-20,23-24,27H,3,13-16,18,21-22H2,1-2H3;4-7,12,14-15,17-19,24H,3,8-11,13,16H2,1-2H3/b27-23-;26-23-;/t24-,31-,38-;27-,37-;18-,24-,31-/m111/s1. The number of benzene rings is 5. The first kappa shape index (κ1) is 81.9. The van der Waals surface area contributed by atoms with Gasteiger partial charge in [0.15, 0.2) is 29.0 Å². The summed E-state index contributed by atoms with van der Waals surface area (Å²) in [6.07, 6.45) is 31.8. The van der Waals surface area contributed by atoms with Crippen LogP contribution in [0.5, 0.6) is 0 Å². The SMILES string of the molecule is CCC[C@@]12C/C(=C/N(C)c3ccccc3)C(=O)C[C@H]1CCc1c(-c3ccccc3F)nc(-c3ccnc(C4CC4)c3)nc12.CCC[C@@]12C/C(=C/N(C)c3ccccc3)C(=O)[C@H](C)[C@H]1CCc1c(-c3ccccc3F)nc(-c3ccnc(C4CC4)c3)nc12.CCC[C@@]12Cc3cnoc3[C@H](C)[C@H]1CCc1c(-c3ccccc3F)nc(-c3ccnc(C4CC4)c3)nc12. The Hall–Kier alpha value is -11.8. The molecule has 0 aliphatic heterocycles. The quantitative estimate of drug-likeness (QED) is 0.0696. The van der Waals surface area contributed by atoms with Crippen molar-refractivity contribution in [1.82, 2.24) is 50.0 Å². The van der Waals surface area contributed by atoms with Crippen molar-refractivity contribution in [2.45, 2.75) is 216 Å². The van der Waals surface area contributed by atoms with E-state index in [2.05, 4.69) is 102 Å². The number of allylic oxidation sites excluding steroid dienone is 2. The van der Waals surface area contributed by atoms with E-state index in [0.29, 0.717) is 88.5 Å². The molecule has 9 aliphatic carbocycles. The number of anilines is 2. The lowest BCUT2D eigenvalue weighted by atomic mass is 9.52. The number of halogens is 3. The van der Waals surface area contributed by atoms with E-state index < -0.39 is 0 Å². The van der Waals surface area contributed by atoms with Gasteiger partial charge in [0.2, 0.25) is 0 Å². The number of carbonyl (C=O) groups excluding carboxylic acids is 2. The van der Waals surface area contributed by atoms with Gasteiger partial charge in [0.25, 0.3) is 0 Å². The fourth-order valence-electron chi connectivity index (χ4n) is 22.4. The Kier molecular flexibility index (Phi) is 22.5. The Balaban J connectivity index is 0.000000122. The molecule has 0 bridgehead atoms. The largest absolute Gasteiger partial charge is 0.361 e. The van der Waals surface area contributed by atoms with Crippen LogP contribution in [0.25, 0.3) is 67.9 Å². The van der Waals surface area contributed by atoms with Crippen molar-refractivity contribution in [3.8, 4) is 67.9 Å². The number of pyridine rings is 3. The van der Waals surface area contributed by atoms with Crippen molar-refractivity contribution in [2.75, 3.05) is 23.9 Å². The van der Waals surface area contributed by atoms with E-state index in [1.807, 2.05) is 147 Å². The predicted molar refractivity (Wildman–Crippen MR) is 481 cm³/mol. The summed E-state index contributed by atoms with van der Waals surface area (Å²) in [7, 11) is 4.01. The summed E-state index contributed by atoms with van der Waals surface area (Å²) in [6, 6.07) is 53.4. The zero-order valence-corrected chi connectivity index (χ0v) is 72.0. The number of nitrogens with zero attached hydrogens (tertiary/aromatic N) is 12. The lowest BCUT2D eigenvalue weighted by Gasteiger charge is -2.51. The van der Waals surface area contributed by atoms with Crippen LogP contribution in [0.2, 0.25) is 0 Å². The molecule has 0 N–H and O–H groups in total. The minimum absolute atomic E-state index is 0.142. The lowest BCUT2D eigenvalue weighted by Crippen LogP contribution is -2.50. The molecule has 0 radical (unpaired) electrons. The molecule has 124 heavy (non-hydrogen) atoms. The number of fused-ring (bicyclic) bond motifs is 10. The Bertz CT molecular complexity index is 6120. The molecule has 12 aromatic rings. The molecule has 0 spiro atoms. The molecule has 18 heteroatoms. The molecule has 15 nitrogen and oxygen atoms in total. The summed E-state index contributed by atoms with van der Waals surface area (Å²) in [5, 5.41) is 4.17. The maximum Gasteiger partial charge on any atom is 0.163 e. The van der Waals surface area contributed by atoms with Crippen molar-refractivity contribution in [3.05, 3.63) is 298 Å². The van der Waals surface area contributed by atoms with Crippen molar-refractivity contribution in [2.24, 2.45) is 23.7 Å². The fraction of sp³-hybridized carbons (Fsp3) is 0.377. The van der Waals surface area contributed by atoms with E-state index in [9.17, 15) is 9.59 Å². The summed E-state index contributed by atoms with van der Waals surface area (Å²) in [5.41, 5.74) is 20.0. The Labute approximate surface area is 725 Å². The van der Waals surface area contributed by atoms with Crippen molar-refractivity contribution in [3.63, 3.8) is 0 Å². The molecular weight excluding hydrogens is 1550 g/mol. The zero-order valence-electron chi connectivity index (χ0n) is 72.0. The monoisotopic (exact) mass is 1650 g/mol. The summed E-state index contributed by atoms with van der Waals surface area (Å²) < 4.78 is 51.9. The molecule has 0 unspecified atom stereocenters. The van der Waals surface area contributed by atoms with Gasteiger partial charge in [-0.25, -0.2) is 43.1 Å². The molecule has 9 aliphatic rings. The van der Waals surface area contributed by atoms with E-state index >= 15 is 13.2 Å². The molecule has 0 saturated heterocycles. The van der Waals surface area contributed by atoms with Crippen LogP contribution < -0.4 is 9.80 Å². The summed E-state index contributed by atoms with van der Waals surface area (Å²) >= 11 is 0. The van der Waals surface area contributed by atoms with Gasteiger partial charge in [-0.2, -0.15) is 0 Å². The number of para-hydroxylation sites is 2. The van der Waals surface area contributed by atoms with Gasteiger partial charge in [-0.05, 0) is 230 Å². The summed E-state index contributed by atoms with van der Waals surface area (Å²) in [6.45, 7) is 11.0. The zero-order chi connectivity index (χ0) is 85.1. The Morgan fingerprint density at radius 3 is 1.24 bits per heavy atom. The highest BCUT2D eigenvalue weighted by molar-refractivity contribution is 5.99. The van der Waals surface area contributed by atoms with Crippen LogP contribution in [0.1, 0.15) is 236 Å². The molecule has 7 heterocycles. The molecule has 0 amide bonds. The second-order valence-electron chi connectivity index (χ2n) is 36.6. The number of hydrogen-bond donors (Lipinski definition) is 0. The average molecular weight is 1650 g/mol. The first-order valence-electron chi connectivity index (χ1n) is 45.3. The molecule has 8 atom stereocenters. The summed E-state index contributed by atoms with van der Waals surface area (Å²) in [5.74, 6) is 4.90. The van der Waals surface area contributed by atoms with E-state index in [1.54, 1.807) is 18.2 Å². The van der Waals surface area contributed by atoms with E-state index in [4.69, 9.17) is 34.4 Å². The molecule has 5 saturated carbocycles. The highest BCUT2D eigenvalue weighted by Gasteiger charge is 2.56. The van der Waals surface area contributed by atoms with E-state index in [1.165, 1.54) is 36.6 Å². The lowest BCUT2D eigenvalue weighted by molar-refractivity contribution is -0.124. The highest BCUT2D eigenvalue weighted by atomic mass is 19.1. The highest BCUT2D eigenvalue weighted by Crippen LogP contribution is 2.60. The minimum Gasteiger partial charge on any atom is -0.361 e. The maximum absolute atomic E-state index is 15.5. The second-order valence-corrected chi connectivity index (χ2v) is 36.6. The van der Waals surface area contributed by atoms with Crippen molar-refractivity contribution >= 4 is 22.9 Å². The van der Waals surface area contributed by atoms with E-state index in [0.717, 1.165) is 211 Å². The molecule has 7 aromatic heterocycles. The normalized spacial score (nSPS) is 23.4.